The van der Waals surface area contributed by atoms with Gasteiger partial charge < -0.3 is 20.1 Å². The van der Waals surface area contributed by atoms with E-state index in [1.165, 1.54) is 0 Å². The summed E-state index contributed by atoms with van der Waals surface area (Å²) in [6, 6.07) is 0. The highest BCUT2D eigenvalue weighted by Gasteiger charge is 2.04. The lowest BCUT2D eigenvalue weighted by molar-refractivity contribution is -0.750. The Bertz CT molecular complexity index is 203. The van der Waals surface area contributed by atoms with Gasteiger partial charge >= 0.3 is 6.67 Å². The van der Waals surface area contributed by atoms with E-state index >= 15 is 0 Å². The largest absolute Gasteiger partial charge is 0.592 e. The Labute approximate surface area is 95.8 Å². The molecule has 0 amide bonds. The van der Waals surface area contributed by atoms with Crippen molar-refractivity contribution in [3.63, 3.8) is 0 Å². The lowest BCUT2D eigenvalue weighted by atomic mass is 10.9. The van der Waals surface area contributed by atoms with Crippen LogP contribution in [0.15, 0.2) is 10.6 Å². The van der Waals surface area contributed by atoms with E-state index < -0.39 is 6.67 Å². The Balaban J connectivity index is 3.78. The summed E-state index contributed by atoms with van der Waals surface area (Å²) >= 11 is 10.5. The molecule has 0 N–H and O–H groups in total. The fraction of sp³-hybridized carbons (Fsp3) is 1.00. The molecule has 0 rings (SSSR count). The van der Waals surface area contributed by atoms with Crippen LogP contribution >= 0.6 is 23.2 Å². The summed E-state index contributed by atoms with van der Waals surface area (Å²) in [5.74, 6) is 0.392. The molecule has 0 bridgehead atoms. The normalized spacial score (nSPS) is 12.7. The average molecular weight is 261 g/mol. The van der Waals surface area contributed by atoms with E-state index in [1.54, 1.807) is 0 Å². The lowest BCUT2D eigenvalue weighted by Gasteiger charge is -1.98. The fourth-order valence-corrected chi connectivity index (χ4v) is 0.573. The number of nitrogens with zero attached hydrogens (tertiary/aromatic N) is 4. The van der Waals surface area contributed by atoms with Gasteiger partial charge in [-0.1, -0.05) is 0 Å². The Morgan fingerprint density at radius 2 is 1.33 bits per heavy atom. The number of alkyl halides is 2. The molecule has 0 radical (unpaired) electrons. The third-order valence-corrected chi connectivity index (χ3v) is 1.19. The zero-order valence-corrected chi connectivity index (χ0v) is 9.23. The van der Waals surface area contributed by atoms with Crippen LogP contribution in [0.4, 0.5) is 0 Å². The van der Waals surface area contributed by atoms with Crippen LogP contribution < -0.4 is 0 Å². The summed E-state index contributed by atoms with van der Waals surface area (Å²) in [7, 11) is 0. The van der Waals surface area contributed by atoms with E-state index in [1.807, 2.05) is 0 Å². The molecule has 8 nitrogen and oxygen atoms in total. The summed E-state index contributed by atoms with van der Waals surface area (Å²) in [6.45, 7) is -0.497. The van der Waals surface area contributed by atoms with E-state index in [0.717, 1.165) is 0 Å². The highest BCUT2D eigenvalue weighted by Crippen LogP contribution is 1.86. The SMILES string of the molecule is [O-]/[N+](C/[N+]([O-])=N\OCCCl)=N\OCCCl. The van der Waals surface area contributed by atoms with Crippen molar-refractivity contribution in [2.45, 2.75) is 0 Å². The Morgan fingerprint density at radius 3 is 1.67 bits per heavy atom. The minimum atomic E-state index is -0.662. The van der Waals surface area contributed by atoms with Crippen molar-refractivity contribution in [1.82, 2.24) is 0 Å². The smallest absolute Gasteiger partial charge is 0.408 e. The predicted molar refractivity (Wildman–Crippen MR) is 50.3 cm³/mol. The standard InChI is InChI=1S/C5H10Cl2N4O4/c6-1-3-14-8-10(12)5-11(13)9-15-4-2-7/h1-5H2/b10-8-,11-9+. The highest BCUT2D eigenvalue weighted by atomic mass is 35.5. The van der Waals surface area contributed by atoms with Gasteiger partial charge in [-0.2, -0.15) is 0 Å². The molecule has 0 aliphatic carbocycles. The van der Waals surface area contributed by atoms with Crippen molar-refractivity contribution in [2.24, 2.45) is 10.6 Å². The first-order valence-electron chi connectivity index (χ1n) is 3.87. The van der Waals surface area contributed by atoms with Crippen molar-refractivity contribution in [3.8, 4) is 0 Å². The fourth-order valence-electron chi connectivity index (χ4n) is 0.435. The van der Waals surface area contributed by atoms with Gasteiger partial charge in [-0.25, -0.2) is 0 Å². The van der Waals surface area contributed by atoms with Crippen LogP contribution in [0.1, 0.15) is 0 Å². The van der Waals surface area contributed by atoms with E-state index in [2.05, 4.69) is 20.2 Å². The maximum atomic E-state index is 10.8. The number of rotatable bonds is 8. The molecule has 0 fully saturated rings. The molecular formula is C5H10Cl2N4O4. The summed E-state index contributed by atoms with van der Waals surface area (Å²) in [5.41, 5.74) is 0. The van der Waals surface area contributed by atoms with E-state index in [-0.39, 0.29) is 34.7 Å². The molecule has 15 heavy (non-hydrogen) atoms. The average Bonchev–Trinajstić information content (AvgIpc) is 2.18. The zero-order chi connectivity index (χ0) is 11.5. The van der Waals surface area contributed by atoms with Crippen LogP contribution in [-0.2, 0) is 9.68 Å². The molecule has 0 aromatic carbocycles. The van der Waals surface area contributed by atoms with Crippen LogP contribution in [0.5, 0.6) is 0 Å². The molecule has 0 aromatic rings. The summed E-state index contributed by atoms with van der Waals surface area (Å²) in [4.78, 5) is 8.83. The van der Waals surface area contributed by atoms with Crippen molar-refractivity contribution in [2.75, 3.05) is 31.6 Å². The zero-order valence-electron chi connectivity index (χ0n) is 7.71. The van der Waals surface area contributed by atoms with Gasteiger partial charge in [0.05, 0.1) is 11.8 Å². The molecule has 0 aromatic heterocycles. The van der Waals surface area contributed by atoms with Gasteiger partial charge in [0.2, 0.25) is 10.6 Å². The number of halogens is 2. The molecule has 0 saturated carbocycles. The monoisotopic (exact) mass is 260 g/mol. The number of hydroxylamine groups is 2. The maximum absolute atomic E-state index is 10.8. The van der Waals surface area contributed by atoms with E-state index in [0.29, 0.717) is 0 Å². The lowest BCUT2D eigenvalue weighted by Crippen LogP contribution is -2.15. The second kappa shape index (κ2) is 9.53. The van der Waals surface area contributed by atoms with Crippen molar-refractivity contribution < 1.29 is 19.4 Å². The van der Waals surface area contributed by atoms with Gasteiger partial charge in [-0.15, -0.1) is 23.2 Å². The van der Waals surface area contributed by atoms with E-state index in [9.17, 15) is 10.4 Å². The highest BCUT2D eigenvalue weighted by molar-refractivity contribution is 6.18. The van der Waals surface area contributed by atoms with Crippen molar-refractivity contribution in [1.29, 1.82) is 0 Å². The molecule has 0 aliphatic rings. The minimum Gasteiger partial charge on any atom is -0.592 e. The van der Waals surface area contributed by atoms with Gasteiger partial charge in [0.25, 0.3) is 0 Å². The summed E-state index contributed by atoms with van der Waals surface area (Å²) < 4.78 is 0. The second-order valence-electron chi connectivity index (χ2n) is 2.05. The molecule has 0 saturated heterocycles. The molecule has 0 atom stereocenters. The van der Waals surface area contributed by atoms with Gasteiger partial charge in [0, 0.05) is 9.72 Å². The van der Waals surface area contributed by atoms with Gasteiger partial charge in [-0.3, -0.25) is 0 Å². The first kappa shape index (κ1) is 14.0. The summed E-state index contributed by atoms with van der Waals surface area (Å²) in [5, 5.41) is 27.5. The second-order valence-corrected chi connectivity index (χ2v) is 2.81. The molecule has 0 heterocycles. The maximum Gasteiger partial charge on any atom is 0.408 e. The van der Waals surface area contributed by atoms with Crippen LogP contribution in [-0.4, -0.2) is 41.4 Å². The Morgan fingerprint density at radius 1 is 0.933 bits per heavy atom. The van der Waals surface area contributed by atoms with Crippen LogP contribution in [0, 0.1) is 10.4 Å². The summed E-state index contributed by atoms with van der Waals surface area (Å²) in [6.07, 6.45) is 0. The third-order valence-electron chi connectivity index (χ3n) is 0.876. The first-order valence-corrected chi connectivity index (χ1v) is 4.94. The van der Waals surface area contributed by atoms with Crippen molar-refractivity contribution >= 4 is 23.2 Å². The number of hydrogen-bond donors (Lipinski definition) is 0. The number of hydrogen-bond acceptors (Lipinski definition) is 6. The van der Waals surface area contributed by atoms with Crippen LogP contribution in [0.3, 0.4) is 0 Å². The minimum absolute atomic E-state index is 0.00705. The quantitative estimate of drug-likeness (QED) is 0.164. The van der Waals surface area contributed by atoms with Crippen LogP contribution in [0.2, 0.25) is 0 Å². The topological polar surface area (TPSA) is 95.3 Å². The van der Waals surface area contributed by atoms with Crippen LogP contribution in [0.25, 0.3) is 0 Å². The molecule has 0 aliphatic heterocycles. The van der Waals surface area contributed by atoms with Gasteiger partial charge in [0.1, 0.15) is 13.2 Å². The Kier molecular flexibility index (Phi) is 8.88. The van der Waals surface area contributed by atoms with E-state index in [4.69, 9.17) is 23.2 Å². The molecule has 0 unspecified atom stereocenters. The van der Waals surface area contributed by atoms with Gasteiger partial charge in [-0.05, 0) is 0 Å². The van der Waals surface area contributed by atoms with Crippen molar-refractivity contribution in [3.05, 3.63) is 10.4 Å². The molecule has 10 heteroatoms. The molecule has 88 valence electrons. The predicted octanol–water partition coefficient (Wildman–Crippen LogP) is 1.21. The third kappa shape index (κ3) is 9.29. The molecule has 0 spiro atoms. The first-order chi connectivity index (χ1) is 7.20. The Hall–Kier alpha value is -1.02. The van der Waals surface area contributed by atoms with Gasteiger partial charge in [0.15, 0.2) is 0 Å². The molecular weight excluding hydrogens is 251 g/mol.